The third kappa shape index (κ3) is 2.34. The molecule has 1 rings (SSSR count). The lowest BCUT2D eigenvalue weighted by Gasteiger charge is -2.07. The van der Waals surface area contributed by atoms with Gasteiger partial charge in [-0.3, -0.25) is 0 Å². The van der Waals surface area contributed by atoms with Crippen LogP contribution in [0.15, 0.2) is 0 Å². The third-order valence-electron chi connectivity index (χ3n) is 2.39. The minimum Gasteiger partial charge on any atom is -0.302 e. The zero-order valence-electron chi connectivity index (χ0n) is 6.62. The van der Waals surface area contributed by atoms with Crippen LogP contribution in [0.25, 0.3) is 0 Å². The average molecular weight is 151 g/mol. The standard InChI is InChI=1S/C9H13NO/c10-6-9(7-11)5-8-3-1-2-4-8/h7-9H,1-5H2. The Bertz CT molecular complexity index is 165. The van der Waals surface area contributed by atoms with Gasteiger partial charge in [-0.15, -0.1) is 0 Å². The van der Waals surface area contributed by atoms with Crippen LogP contribution < -0.4 is 0 Å². The topological polar surface area (TPSA) is 40.9 Å². The van der Waals surface area contributed by atoms with E-state index >= 15 is 0 Å². The Labute approximate surface area is 67.2 Å². The molecule has 1 aliphatic rings. The van der Waals surface area contributed by atoms with Gasteiger partial charge in [-0.25, -0.2) is 0 Å². The molecule has 1 saturated carbocycles. The van der Waals surface area contributed by atoms with Crippen LogP contribution in [0.2, 0.25) is 0 Å². The van der Waals surface area contributed by atoms with Crippen molar-refractivity contribution in [2.24, 2.45) is 11.8 Å². The highest BCUT2D eigenvalue weighted by Gasteiger charge is 2.19. The summed E-state index contributed by atoms with van der Waals surface area (Å²) in [5.74, 6) is 0.294. The molecular weight excluding hydrogens is 138 g/mol. The van der Waals surface area contributed by atoms with Gasteiger partial charge in [0.2, 0.25) is 0 Å². The van der Waals surface area contributed by atoms with Crippen molar-refractivity contribution < 1.29 is 4.79 Å². The Morgan fingerprint density at radius 1 is 1.55 bits per heavy atom. The number of rotatable bonds is 3. The predicted molar refractivity (Wildman–Crippen MR) is 41.7 cm³/mol. The fourth-order valence-electron chi connectivity index (χ4n) is 1.74. The highest BCUT2D eigenvalue weighted by Crippen LogP contribution is 2.29. The summed E-state index contributed by atoms with van der Waals surface area (Å²) in [5.41, 5.74) is 0. The first-order chi connectivity index (χ1) is 5.36. The Balaban J connectivity index is 2.28. The summed E-state index contributed by atoms with van der Waals surface area (Å²) < 4.78 is 0. The summed E-state index contributed by atoms with van der Waals surface area (Å²) >= 11 is 0. The molecule has 0 amide bonds. The summed E-state index contributed by atoms with van der Waals surface area (Å²) in [6.45, 7) is 0. The second kappa shape index (κ2) is 4.12. The van der Waals surface area contributed by atoms with Crippen molar-refractivity contribution in [3.05, 3.63) is 0 Å². The molecular formula is C9H13NO. The van der Waals surface area contributed by atoms with E-state index in [1.807, 2.05) is 6.07 Å². The Morgan fingerprint density at radius 3 is 2.64 bits per heavy atom. The molecule has 1 aliphatic carbocycles. The zero-order valence-corrected chi connectivity index (χ0v) is 6.62. The molecule has 0 bridgehead atoms. The summed E-state index contributed by atoms with van der Waals surface area (Å²) in [5, 5.41) is 8.51. The van der Waals surface area contributed by atoms with Crippen LogP contribution in [0.4, 0.5) is 0 Å². The quantitative estimate of drug-likeness (QED) is 0.578. The van der Waals surface area contributed by atoms with Crippen molar-refractivity contribution in [1.29, 1.82) is 5.26 Å². The van der Waals surface area contributed by atoms with E-state index < -0.39 is 0 Å². The lowest BCUT2D eigenvalue weighted by molar-refractivity contribution is -0.110. The Hall–Kier alpha value is -0.840. The van der Waals surface area contributed by atoms with E-state index in [1.54, 1.807) is 0 Å². The van der Waals surface area contributed by atoms with Crippen molar-refractivity contribution in [3.8, 4) is 6.07 Å². The Morgan fingerprint density at radius 2 is 2.18 bits per heavy atom. The molecule has 0 spiro atoms. The van der Waals surface area contributed by atoms with Crippen molar-refractivity contribution in [2.45, 2.75) is 32.1 Å². The first-order valence-corrected chi connectivity index (χ1v) is 4.21. The number of aldehydes is 1. The molecule has 0 aromatic carbocycles. The molecule has 0 radical (unpaired) electrons. The van der Waals surface area contributed by atoms with Gasteiger partial charge in [0.05, 0.1) is 6.07 Å². The molecule has 0 heterocycles. The van der Waals surface area contributed by atoms with Crippen LogP contribution in [0.5, 0.6) is 0 Å². The zero-order chi connectivity index (χ0) is 8.10. The summed E-state index contributed by atoms with van der Waals surface area (Å²) in [7, 11) is 0. The summed E-state index contributed by atoms with van der Waals surface area (Å²) in [6.07, 6.45) is 6.56. The normalized spacial score (nSPS) is 21.0. The maximum Gasteiger partial charge on any atom is 0.137 e. The number of carbonyl (C=O) groups excluding carboxylic acids is 1. The van der Waals surface area contributed by atoms with Gasteiger partial charge < -0.3 is 4.79 Å². The van der Waals surface area contributed by atoms with Gasteiger partial charge in [-0.2, -0.15) is 5.26 Å². The van der Waals surface area contributed by atoms with Crippen LogP contribution in [-0.2, 0) is 4.79 Å². The fraction of sp³-hybridized carbons (Fsp3) is 0.778. The van der Waals surface area contributed by atoms with Crippen molar-refractivity contribution in [1.82, 2.24) is 0 Å². The van der Waals surface area contributed by atoms with Gasteiger partial charge in [0.1, 0.15) is 12.2 Å². The van der Waals surface area contributed by atoms with Crippen molar-refractivity contribution in [2.75, 3.05) is 0 Å². The summed E-state index contributed by atoms with van der Waals surface area (Å²) in [4.78, 5) is 10.3. The average Bonchev–Trinajstić information content (AvgIpc) is 2.52. The van der Waals surface area contributed by atoms with Crippen LogP contribution in [0, 0.1) is 23.2 Å². The van der Waals surface area contributed by atoms with Gasteiger partial charge >= 0.3 is 0 Å². The molecule has 11 heavy (non-hydrogen) atoms. The maximum absolute atomic E-state index is 10.3. The fourth-order valence-corrected chi connectivity index (χ4v) is 1.74. The molecule has 0 aromatic rings. The van der Waals surface area contributed by atoms with Crippen LogP contribution in [0.1, 0.15) is 32.1 Å². The second-order valence-electron chi connectivity index (χ2n) is 3.26. The molecule has 1 unspecified atom stereocenters. The van der Waals surface area contributed by atoms with E-state index in [0.29, 0.717) is 5.92 Å². The second-order valence-corrected chi connectivity index (χ2v) is 3.26. The number of nitriles is 1. The van der Waals surface area contributed by atoms with Crippen LogP contribution in [-0.4, -0.2) is 6.29 Å². The molecule has 0 aliphatic heterocycles. The van der Waals surface area contributed by atoms with Crippen LogP contribution in [0.3, 0.4) is 0 Å². The first kappa shape index (κ1) is 8.26. The molecule has 60 valence electrons. The highest BCUT2D eigenvalue weighted by atomic mass is 16.1. The molecule has 2 nitrogen and oxygen atoms in total. The number of nitrogens with zero attached hydrogens (tertiary/aromatic N) is 1. The van der Waals surface area contributed by atoms with Crippen molar-refractivity contribution >= 4 is 6.29 Å². The SMILES string of the molecule is N#CC(C=O)CC1CCCC1. The lowest BCUT2D eigenvalue weighted by Crippen LogP contribution is -2.05. The van der Waals surface area contributed by atoms with Gasteiger partial charge in [0, 0.05) is 0 Å². The molecule has 0 aromatic heterocycles. The van der Waals surface area contributed by atoms with Gasteiger partial charge in [0.15, 0.2) is 0 Å². The molecule has 0 saturated heterocycles. The van der Waals surface area contributed by atoms with Crippen molar-refractivity contribution in [3.63, 3.8) is 0 Å². The highest BCUT2D eigenvalue weighted by molar-refractivity contribution is 5.57. The maximum atomic E-state index is 10.3. The van der Waals surface area contributed by atoms with Gasteiger partial charge in [0.25, 0.3) is 0 Å². The number of carbonyl (C=O) groups is 1. The van der Waals surface area contributed by atoms with E-state index in [-0.39, 0.29) is 5.92 Å². The molecule has 0 N–H and O–H groups in total. The van der Waals surface area contributed by atoms with Gasteiger partial charge in [-0.05, 0) is 12.3 Å². The summed E-state index contributed by atoms with van der Waals surface area (Å²) in [6, 6.07) is 2.01. The monoisotopic (exact) mass is 151 g/mol. The van der Waals surface area contributed by atoms with E-state index in [0.717, 1.165) is 12.7 Å². The largest absolute Gasteiger partial charge is 0.302 e. The minimum absolute atomic E-state index is 0.349. The minimum atomic E-state index is -0.349. The van der Waals surface area contributed by atoms with E-state index in [1.165, 1.54) is 25.7 Å². The Kier molecular flexibility index (Phi) is 3.10. The smallest absolute Gasteiger partial charge is 0.137 e. The predicted octanol–water partition coefficient (Wildman–Crippen LogP) is 1.91. The number of hydrogen-bond donors (Lipinski definition) is 0. The molecule has 2 heteroatoms. The van der Waals surface area contributed by atoms with E-state index in [2.05, 4.69) is 0 Å². The van der Waals surface area contributed by atoms with E-state index in [9.17, 15) is 4.79 Å². The van der Waals surface area contributed by atoms with Gasteiger partial charge in [-0.1, -0.05) is 25.7 Å². The molecule has 1 fully saturated rings. The number of hydrogen-bond acceptors (Lipinski definition) is 2. The van der Waals surface area contributed by atoms with Crippen LogP contribution >= 0.6 is 0 Å². The lowest BCUT2D eigenvalue weighted by atomic mass is 9.95. The third-order valence-corrected chi connectivity index (χ3v) is 2.39. The molecule has 1 atom stereocenters. The van der Waals surface area contributed by atoms with E-state index in [4.69, 9.17) is 5.26 Å². The first-order valence-electron chi connectivity index (χ1n) is 4.21.